The van der Waals surface area contributed by atoms with Crippen LogP contribution < -0.4 is 5.32 Å². The molecule has 0 saturated heterocycles. The van der Waals surface area contributed by atoms with Crippen molar-refractivity contribution in [3.63, 3.8) is 0 Å². The maximum absolute atomic E-state index is 5.94. The molecule has 0 aromatic heterocycles. The molecule has 3 nitrogen and oxygen atoms in total. The van der Waals surface area contributed by atoms with E-state index in [4.69, 9.17) is 9.47 Å². The maximum atomic E-state index is 5.94. The SMILES string of the molecule is CCCNC(c1ccc(C)cc1)C(C)OCCOCCC. The summed E-state index contributed by atoms with van der Waals surface area (Å²) in [5.74, 6) is 0. The summed E-state index contributed by atoms with van der Waals surface area (Å²) in [6.45, 7) is 11.7. The monoisotopic (exact) mass is 293 g/mol. The summed E-state index contributed by atoms with van der Waals surface area (Å²) in [6.07, 6.45) is 2.30. The lowest BCUT2D eigenvalue weighted by Gasteiger charge is -2.26. The minimum atomic E-state index is 0.129. The topological polar surface area (TPSA) is 30.5 Å². The van der Waals surface area contributed by atoms with Crippen molar-refractivity contribution in [2.45, 2.75) is 52.7 Å². The van der Waals surface area contributed by atoms with E-state index in [1.165, 1.54) is 11.1 Å². The number of hydrogen-bond acceptors (Lipinski definition) is 3. The van der Waals surface area contributed by atoms with Gasteiger partial charge in [-0.2, -0.15) is 0 Å². The molecule has 0 aliphatic carbocycles. The summed E-state index contributed by atoms with van der Waals surface area (Å²) >= 11 is 0. The van der Waals surface area contributed by atoms with Crippen LogP contribution in [0.4, 0.5) is 0 Å². The van der Waals surface area contributed by atoms with E-state index in [0.29, 0.717) is 13.2 Å². The first-order valence-corrected chi connectivity index (χ1v) is 8.18. The van der Waals surface area contributed by atoms with Crippen molar-refractivity contribution < 1.29 is 9.47 Å². The van der Waals surface area contributed by atoms with Crippen LogP contribution in [0.1, 0.15) is 50.8 Å². The van der Waals surface area contributed by atoms with E-state index in [9.17, 15) is 0 Å². The Morgan fingerprint density at radius 1 is 1.00 bits per heavy atom. The Balaban J connectivity index is 2.53. The number of ether oxygens (including phenoxy) is 2. The molecule has 0 saturated carbocycles. The van der Waals surface area contributed by atoms with Crippen molar-refractivity contribution in [2.75, 3.05) is 26.4 Å². The van der Waals surface area contributed by atoms with Gasteiger partial charge in [-0.3, -0.25) is 0 Å². The third-order valence-corrected chi connectivity index (χ3v) is 3.48. The van der Waals surface area contributed by atoms with Gasteiger partial charge in [0.05, 0.1) is 25.4 Å². The molecule has 0 bridgehead atoms. The van der Waals surface area contributed by atoms with Crippen LogP contribution in [0.25, 0.3) is 0 Å². The molecule has 0 aliphatic heterocycles. The molecule has 2 unspecified atom stereocenters. The average Bonchev–Trinajstić information content (AvgIpc) is 2.49. The Morgan fingerprint density at radius 2 is 1.71 bits per heavy atom. The van der Waals surface area contributed by atoms with Gasteiger partial charge in [-0.15, -0.1) is 0 Å². The van der Waals surface area contributed by atoms with Crippen LogP contribution in [-0.4, -0.2) is 32.5 Å². The van der Waals surface area contributed by atoms with Gasteiger partial charge in [0.15, 0.2) is 0 Å². The predicted molar refractivity (Wildman–Crippen MR) is 88.7 cm³/mol. The average molecular weight is 293 g/mol. The minimum absolute atomic E-state index is 0.129. The van der Waals surface area contributed by atoms with E-state index >= 15 is 0 Å². The van der Waals surface area contributed by atoms with E-state index in [2.05, 4.69) is 57.3 Å². The highest BCUT2D eigenvalue weighted by Gasteiger charge is 2.19. The van der Waals surface area contributed by atoms with Crippen LogP contribution >= 0.6 is 0 Å². The number of aryl methyl sites for hydroxylation is 1. The standard InChI is InChI=1S/C18H31NO2/c1-5-11-19-18(17-9-7-15(3)8-10-17)16(4)21-14-13-20-12-6-2/h7-10,16,18-19H,5-6,11-14H2,1-4H3. The van der Waals surface area contributed by atoms with Gasteiger partial charge in [0.1, 0.15) is 0 Å². The molecular weight excluding hydrogens is 262 g/mol. The maximum Gasteiger partial charge on any atom is 0.0742 e. The lowest BCUT2D eigenvalue weighted by atomic mass is 10.0. The number of nitrogens with one attached hydrogen (secondary N) is 1. The largest absolute Gasteiger partial charge is 0.379 e. The molecular formula is C18H31NO2. The molecule has 1 rings (SSSR count). The molecule has 1 aromatic carbocycles. The minimum Gasteiger partial charge on any atom is -0.379 e. The molecule has 0 amide bonds. The number of rotatable bonds is 11. The third kappa shape index (κ3) is 7.07. The molecule has 21 heavy (non-hydrogen) atoms. The highest BCUT2D eigenvalue weighted by Crippen LogP contribution is 2.20. The lowest BCUT2D eigenvalue weighted by molar-refractivity contribution is -0.00344. The van der Waals surface area contributed by atoms with Crippen LogP contribution in [0.5, 0.6) is 0 Å². The molecule has 0 spiro atoms. The van der Waals surface area contributed by atoms with Crippen molar-refractivity contribution in [1.29, 1.82) is 0 Å². The number of hydrogen-bond donors (Lipinski definition) is 1. The Morgan fingerprint density at radius 3 is 2.33 bits per heavy atom. The zero-order valence-electron chi connectivity index (χ0n) is 14.0. The summed E-state index contributed by atoms with van der Waals surface area (Å²) in [6, 6.07) is 8.93. The smallest absolute Gasteiger partial charge is 0.0742 e. The van der Waals surface area contributed by atoms with Crippen LogP contribution in [0.15, 0.2) is 24.3 Å². The highest BCUT2D eigenvalue weighted by atomic mass is 16.5. The van der Waals surface area contributed by atoms with Crippen molar-refractivity contribution in [3.05, 3.63) is 35.4 Å². The Bertz CT molecular complexity index is 364. The predicted octanol–water partition coefficient (Wildman–Crippen LogP) is 3.87. The summed E-state index contributed by atoms with van der Waals surface area (Å²) in [5, 5.41) is 3.59. The molecule has 0 radical (unpaired) electrons. The normalized spacial score (nSPS) is 14.1. The van der Waals surface area contributed by atoms with Gasteiger partial charge < -0.3 is 14.8 Å². The Hall–Kier alpha value is -0.900. The van der Waals surface area contributed by atoms with Gasteiger partial charge in [0.2, 0.25) is 0 Å². The van der Waals surface area contributed by atoms with E-state index in [0.717, 1.165) is 26.0 Å². The molecule has 120 valence electrons. The lowest BCUT2D eigenvalue weighted by Crippen LogP contribution is -2.33. The van der Waals surface area contributed by atoms with E-state index in [-0.39, 0.29) is 12.1 Å². The molecule has 1 N–H and O–H groups in total. The summed E-state index contributed by atoms with van der Waals surface area (Å²) in [5.41, 5.74) is 2.57. The van der Waals surface area contributed by atoms with Crippen LogP contribution in [-0.2, 0) is 9.47 Å². The summed E-state index contributed by atoms with van der Waals surface area (Å²) < 4.78 is 11.4. The van der Waals surface area contributed by atoms with Crippen molar-refractivity contribution >= 4 is 0 Å². The third-order valence-electron chi connectivity index (χ3n) is 3.48. The van der Waals surface area contributed by atoms with Gasteiger partial charge in [-0.25, -0.2) is 0 Å². The second-order valence-corrected chi connectivity index (χ2v) is 5.53. The molecule has 0 aliphatic rings. The van der Waals surface area contributed by atoms with E-state index in [1.807, 2.05) is 0 Å². The first-order valence-electron chi connectivity index (χ1n) is 8.18. The molecule has 0 heterocycles. The van der Waals surface area contributed by atoms with E-state index < -0.39 is 0 Å². The van der Waals surface area contributed by atoms with Gasteiger partial charge in [-0.05, 0) is 38.8 Å². The fraction of sp³-hybridized carbons (Fsp3) is 0.667. The quantitative estimate of drug-likeness (QED) is 0.628. The van der Waals surface area contributed by atoms with Crippen LogP contribution in [0.2, 0.25) is 0 Å². The second-order valence-electron chi connectivity index (χ2n) is 5.53. The summed E-state index contributed by atoms with van der Waals surface area (Å²) in [7, 11) is 0. The van der Waals surface area contributed by atoms with Gasteiger partial charge >= 0.3 is 0 Å². The summed E-state index contributed by atoms with van der Waals surface area (Å²) in [4.78, 5) is 0. The fourth-order valence-corrected chi connectivity index (χ4v) is 2.26. The van der Waals surface area contributed by atoms with Gasteiger partial charge in [-0.1, -0.05) is 43.7 Å². The van der Waals surface area contributed by atoms with Crippen LogP contribution in [0, 0.1) is 6.92 Å². The second kappa shape index (κ2) is 10.8. The van der Waals surface area contributed by atoms with Gasteiger partial charge in [0, 0.05) is 6.61 Å². The Kier molecular flexibility index (Phi) is 9.31. The van der Waals surface area contributed by atoms with Gasteiger partial charge in [0.25, 0.3) is 0 Å². The molecule has 3 heteroatoms. The van der Waals surface area contributed by atoms with Crippen LogP contribution in [0.3, 0.4) is 0 Å². The zero-order chi connectivity index (χ0) is 15.5. The molecule has 2 atom stereocenters. The van der Waals surface area contributed by atoms with Crippen molar-refractivity contribution in [2.24, 2.45) is 0 Å². The molecule has 1 aromatic rings. The first-order chi connectivity index (χ1) is 10.2. The van der Waals surface area contributed by atoms with E-state index in [1.54, 1.807) is 0 Å². The Labute approximate surface area is 130 Å². The fourth-order valence-electron chi connectivity index (χ4n) is 2.26. The van der Waals surface area contributed by atoms with Crippen molar-refractivity contribution in [1.82, 2.24) is 5.32 Å². The zero-order valence-corrected chi connectivity index (χ0v) is 14.0. The number of benzene rings is 1. The first kappa shape index (κ1) is 18.1. The molecule has 0 fully saturated rings. The highest BCUT2D eigenvalue weighted by molar-refractivity contribution is 5.24. The van der Waals surface area contributed by atoms with Crippen molar-refractivity contribution in [3.8, 4) is 0 Å².